The van der Waals surface area contributed by atoms with E-state index in [1.54, 1.807) is 12.2 Å². The molecule has 1 aliphatic heterocycles. The van der Waals surface area contributed by atoms with Crippen LogP contribution in [0.4, 0.5) is 0 Å². The molecule has 0 aromatic heterocycles. The third-order valence-electron chi connectivity index (χ3n) is 4.56. The molecule has 0 radical (unpaired) electrons. The Morgan fingerprint density at radius 2 is 1.04 bits per heavy atom. The van der Waals surface area contributed by atoms with E-state index >= 15 is 0 Å². The molecule has 1 fully saturated rings. The molecular formula is C23H24N2O2. The van der Waals surface area contributed by atoms with Crippen LogP contribution < -0.4 is 0 Å². The molecule has 0 N–H and O–H groups in total. The molecule has 1 heterocycles. The summed E-state index contributed by atoms with van der Waals surface area (Å²) in [6, 6.07) is 19.5. The summed E-state index contributed by atoms with van der Waals surface area (Å²) >= 11 is 0. The fourth-order valence-corrected chi connectivity index (χ4v) is 3.03. The Bertz CT molecular complexity index is 743. The van der Waals surface area contributed by atoms with Gasteiger partial charge in [-0.1, -0.05) is 60.7 Å². The SMILES string of the molecule is O=C(C=Cc1ccccc1)N1CCCN(C(=O)C=Cc2ccccc2)CC1. The lowest BCUT2D eigenvalue weighted by molar-refractivity contribution is -0.128. The lowest BCUT2D eigenvalue weighted by Crippen LogP contribution is -2.36. The number of carbonyl (C=O) groups excluding carboxylic acids is 2. The first-order valence-corrected chi connectivity index (χ1v) is 9.26. The van der Waals surface area contributed by atoms with E-state index in [-0.39, 0.29) is 11.8 Å². The highest BCUT2D eigenvalue weighted by Crippen LogP contribution is 2.08. The second-order valence-corrected chi connectivity index (χ2v) is 6.49. The molecule has 1 aliphatic rings. The zero-order chi connectivity index (χ0) is 18.9. The summed E-state index contributed by atoms with van der Waals surface area (Å²) in [5, 5.41) is 0. The highest BCUT2D eigenvalue weighted by atomic mass is 16.2. The molecule has 2 aromatic carbocycles. The van der Waals surface area contributed by atoms with Crippen molar-refractivity contribution in [2.24, 2.45) is 0 Å². The van der Waals surface area contributed by atoms with Crippen LogP contribution in [-0.4, -0.2) is 47.8 Å². The van der Waals surface area contributed by atoms with Gasteiger partial charge in [0.2, 0.25) is 11.8 Å². The van der Waals surface area contributed by atoms with Crippen molar-refractivity contribution < 1.29 is 9.59 Å². The molecule has 2 amide bonds. The Labute approximate surface area is 160 Å². The zero-order valence-corrected chi connectivity index (χ0v) is 15.3. The van der Waals surface area contributed by atoms with E-state index in [0.29, 0.717) is 26.2 Å². The summed E-state index contributed by atoms with van der Waals surface area (Å²) in [6.45, 7) is 2.46. The molecule has 4 nitrogen and oxygen atoms in total. The number of hydrogen-bond donors (Lipinski definition) is 0. The number of carbonyl (C=O) groups is 2. The maximum Gasteiger partial charge on any atom is 0.246 e. The first-order valence-electron chi connectivity index (χ1n) is 9.26. The Kier molecular flexibility index (Phi) is 6.58. The molecule has 4 heteroatoms. The van der Waals surface area contributed by atoms with Crippen LogP contribution in [0.3, 0.4) is 0 Å². The molecule has 0 atom stereocenters. The van der Waals surface area contributed by atoms with E-state index in [1.165, 1.54) is 0 Å². The van der Waals surface area contributed by atoms with Gasteiger partial charge < -0.3 is 9.80 Å². The van der Waals surface area contributed by atoms with Crippen LogP contribution in [0.25, 0.3) is 12.2 Å². The van der Waals surface area contributed by atoms with Crippen molar-refractivity contribution in [1.29, 1.82) is 0 Å². The second-order valence-electron chi connectivity index (χ2n) is 6.49. The molecule has 0 bridgehead atoms. The van der Waals surface area contributed by atoms with Crippen LogP contribution in [0.15, 0.2) is 72.8 Å². The van der Waals surface area contributed by atoms with Crippen molar-refractivity contribution in [3.05, 3.63) is 83.9 Å². The van der Waals surface area contributed by atoms with Gasteiger partial charge in [0, 0.05) is 38.3 Å². The van der Waals surface area contributed by atoms with E-state index in [4.69, 9.17) is 0 Å². The Hall–Kier alpha value is -3.14. The molecule has 0 saturated carbocycles. The Balaban J connectivity index is 1.53. The molecule has 1 saturated heterocycles. The first kappa shape index (κ1) is 18.6. The molecule has 0 aliphatic carbocycles. The quantitative estimate of drug-likeness (QED) is 0.784. The smallest absolute Gasteiger partial charge is 0.246 e. The van der Waals surface area contributed by atoms with Gasteiger partial charge in [0.25, 0.3) is 0 Å². The van der Waals surface area contributed by atoms with Crippen LogP contribution in [0.5, 0.6) is 0 Å². The van der Waals surface area contributed by atoms with Gasteiger partial charge in [-0.3, -0.25) is 9.59 Å². The van der Waals surface area contributed by atoms with Gasteiger partial charge >= 0.3 is 0 Å². The summed E-state index contributed by atoms with van der Waals surface area (Å²) in [6.07, 6.45) is 7.68. The molecule has 0 unspecified atom stereocenters. The van der Waals surface area contributed by atoms with Gasteiger partial charge in [-0.25, -0.2) is 0 Å². The predicted molar refractivity (Wildman–Crippen MR) is 109 cm³/mol. The van der Waals surface area contributed by atoms with Gasteiger partial charge in [-0.05, 0) is 29.7 Å². The fraction of sp³-hybridized carbons (Fsp3) is 0.217. The largest absolute Gasteiger partial charge is 0.337 e. The molecule has 27 heavy (non-hydrogen) atoms. The van der Waals surface area contributed by atoms with E-state index < -0.39 is 0 Å². The molecule has 0 spiro atoms. The summed E-state index contributed by atoms with van der Waals surface area (Å²) in [5.41, 5.74) is 2.01. The van der Waals surface area contributed by atoms with Crippen molar-refractivity contribution >= 4 is 24.0 Å². The minimum Gasteiger partial charge on any atom is -0.337 e. The lowest BCUT2D eigenvalue weighted by atomic mass is 10.2. The number of hydrogen-bond acceptors (Lipinski definition) is 2. The summed E-state index contributed by atoms with van der Waals surface area (Å²) in [4.78, 5) is 28.5. The fourth-order valence-electron chi connectivity index (χ4n) is 3.03. The van der Waals surface area contributed by atoms with Crippen molar-refractivity contribution in [1.82, 2.24) is 9.80 Å². The van der Waals surface area contributed by atoms with Gasteiger partial charge in [0.15, 0.2) is 0 Å². The number of nitrogens with zero attached hydrogens (tertiary/aromatic N) is 2. The lowest BCUT2D eigenvalue weighted by Gasteiger charge is -2.20. The van der Waals surface area contributed by atoms with Crippen molar-refractivity contribution in [2.75, 3.05) is 26.2 Å². The van der Waals surface area contributed by atoms with E-state index in [2.05, 4.69) is 0 Å². The number of benzene rings is 2. The van der Waals surface area contributed by atoms with Crippen molar-refractivity contribution in [3.63, 3.8) is 0 Å². The van der Waals surface area contributed by atoms with Crippen LogP contribution in [0, 0.1) is 0 Å². The molecule has 138 valence electrons. The summed E-state index contributed by atoms with van der Waals surface area (Å²) in [7, 11) is 0. The van der Waals surface area contributed by atoms with E-state index in [0.717, 1.165) is 17.5 Å². The molecular weight excluding hydrogens is 336 g/mol. The maximum absolute atomic E-state index is 12.4. The zero-order valence-electron chi connectivity index (χ0n) is 15.3. The number of rotatable bonds is 4. The Morgan fingerprint density at radius 3 is 1.44 bits per heavy atom. The highest BCUT2D eigenvalue weighted by Gasteiger charge is 2.19. The van der Waals surface area contributed by atoms with Crippen LogP contribution in [-0.2, 0) is 9.59 Å². The van der Waals surface area contributed by atoms with Crippen LogP contribution in [0.2, 0.25) is 0 Å². The summed E-state index contributed by atoms with van der Waals surface area (Å²) < 4.78 is 0. The van der Waals surface area contributed by atoms with Gasteiger partial charge in [-0.15, -0.1) is 0 Å². The van der Waals surface area contributed by atoms with Gasteiger partial charge in [0.05, 0.1) is 0 Å². The predicted octanol–water partition coefficient (Wildman–Crippen LogP) is 3.47. The second kappa shape index (κ2) is 9.53. The minimum atomic E-state index is -0.00650. The standard InChI is InChI=1S/C23H24N2O2/c26-22(14-12-20-8-3-1-4-9-20)24-16-7-17-25(19-18-24)23(27)15-13-21-10-5-2-6-11-21/h1-6,8-15H,7,16-19H2. The Morgan fingerprint density at radius 1 is 0.630 bits per heavy atom. The third-order valence-corrected chi connectivity index (χ3v) is 4.56. The van der Waals surface area contributed by atoms with Crippen LogP contribution in [0.1, 0.15) is 17.5 Å². The van der Waals surface area contributed by atoms with Gasteiger partial charge in [0.1, 0.15) is 0 Å². The highest BCUT2D eigenvalue weighted by molar-refractivity contribution is 5.93. The topological polar surface area (TPSA) is 40.6 Å². The van der Waals surface area contributed by atoms with Crippen molar-refractivity contribution in [3.8, 4) is 0 Å². The maximum atomic E-state index is 12.4. The first-order chi connectivity index (χ1) is 13.2. The normalized spacial score (nSPS) is 15.3. The van der Waals surface area contributed by atoms with E-state index in [9.17, 15) is 9.59 Å². The summed E-state index contributed by atoms with van der Waals surface area (Å²) in [5.74, 6) is -0.0130. The average molecular weight is 360 g/mol. The molecule has 2 aromatic rings. The van der Waals surface area contributed by atoms with Crippen LogP contribution >= 0.6 is 0 Å². The average Bonchev–Trinajstić information content (AvgIpc) is 2.98. The number of amides is 2. The van der Waals surface area contributed by atoms with Crippen molar-refractivity contribution in [2.45, 2.75) is 6.42 Å². The monoisotopic (exact) mass is 360 g/mol. The van der Waals surface area contributed by atoms with E-state index in [1.807, 2.05) is 82.6 Å². The molecule has 3 rings (SSSR count). The minimum absolute atomic E-state index is 0.00650. The van der Waals surface area contributed by atoms with Gasteiger partial charge in [-0.2, -0.15) is 0 Å². The third kappa shape index (κ3) is 5.68.